The molecule has 0 aliphatic heterocycles. The summed E-state index contributed by atoms with van der Waals surface area (Å²) in [6.07, 6.45) is 5.48. The Hall–Kier alpha value is -8.02. The minimum Gasteiger partial charge on any atom is -0.310 e. The van der Waals surface area contributed by atoms with Crippen LogP contribution in [0.1, 0.15) is 90.7 Å². The summed E-state index contributed by atoms with van der Waals surface area (Å²) in [5.74, 6) is 1.10. The fourth-order valence-corrected chi connectivity index (χ4v) is 9.68. The number of nitrogens with zero attached hydrogens (tertiary/aromatic N) is 5. The number of para-hydroxylation sites is 5. The third-order valence-corrected chi connectivity index (χ3v) is 13.0. The van der Waals surface area contributed by atoms with E-state index in [1.54, 1.807) is 22.8 Å². The number of anilines is 3. The van der Waals surface area contributed by atoms with E-state index in [9.17, 15) is 5.48 Å². The van der Waals surface area contributed by atoms with E-state index in [4.69, 9.17) is 13.2 Å². The second-order valence-corrected chi connectivity index (χ2v) is 19.1. The number of benzene rings is 8. The maximum absolute atomic E-state index is 9.17. The third kappa shape index (κ3) is 7.78. The Kier molecular flexibility index (Phi) is 8.52. The summed E-state index contributed by atoms with van der Waals surface area (Å²) < 4.78 is 94.3. The van der Waals surface area contributed by atoms with Crippen LogP contribution in [0, 0.1) is 6.33 Å². The van der Waals surface area contributed by atoms with Crippen molar-refractivity contribution in [1.29, 1.82) is 0 Å². The summed E-state index contributed by atoms with van der Waals surface area (Å²) >= 11 is 0. The molecule has 0 aliphatic carbocycles. The van der Waals surface area contributed by atoms with Crippen LogP contribution in [0.25, 0.3) is 72.3 Å². The van der Waals surface area contributed by atoms with Crippen LogP contribution in [0.15, 0.2) is 206 Å². The monoisotopic (exact) mass is 906 g/mol. The molecule has 3 aromatic heterocycles. The molecular formula is C64H57N5. The molecule has 0 unspecified atom stereocenters. The van der Waals surface area contributed by atoms with Gasteiger partial charge < -0.3 is 4.90 Å². The van der Waals surface area contributed by atoms with Crippen molar-refractivity contribution in [2.45, 2.75) is 65.7 Å². The molecule has 0 saturated carbocycles. The quantitative estimate of drug-likeness (QED) is 0.101. The van der Waals surface area contributed by atoms with Crippen LogP contribution in [0.5, 0.6) is 0 Å². The third-order valence-electron chi connectivity index (χ3n) is 13.0. The van der Waals surface area contributed by atoms with E-state index in [1.165, 1.54) is 5.56 Å². The molecule has 338 valence electrons. The highest BCUT2D eigenvalue weighted by molar-refractivity contribution is 6.10. The largest absolute Gasteiger partial charge is 0.310 e. The van der Waals surface area contributed by atoms with E-state index in [0.29, 0.717) is 16.7 Å². The Morgan fingerprint density at radius 2 is 1.17 bits per heavy atom. The van der Waals surface area contributed by atoms with Gasteiger partial charge in [0.05, 0.1) is 52.8 Å². The second kappa shape index (κ2) is 17.6. The molecule has 0 radical (unpaired) electrons. The van der Waals surface area contributed by atoms with Gasteiger partial charge >= 0.3 is 0 Å². The molecule has 69 heavy (non-hydrogen) atoms. The van der Waals surface area contributed by atoms with Gasteiger partial charge in [0, 0.05) is 28.3 Å². The van der Waals surface area contributed by atoms with E-state index in [0.717, 1.165) is 55.8 Å². The van der Waals surface area contributed by atoms with Crippen LogP contribution in [-0.4, -0.2) is 14.1 Å². The van der Waals surface area contributed by atoms with Crippen LogP contribution in [0.2, 0.25) is 0 Å². The zero-order chi connectivity index (χ0) is 56.1. The van der Waals surface area contributed by atoms with Crippen LogP contribution in [-0.2, 0) is 5.41 Å². The number of imidazole rings is 1. The van der Waals surface area contributed by atoms with Gasteiger partial charge in [-0.2, -0.15) is 0 Å². The van der Waals surface area contributed by atoms with Gasteiger partial charge in [-0.05, 0) is 105 Å². The Morgan fingerprint density at radius 3 is 1.84 bits per heavy atom. The molecule has 0 spiro atoms. The average molecular weight is 906 g/mol. The maximum Gasteiger partial charge on any atom is 0.269 e. The van der Waals surface area contributed by atoms with Crippen LogP contribution < -0.4 is 9.47 Å². The molecule has 0 N–H and O–H groups in total. The van der Waals surface area contributed by atoms with Gasteiger partial charge in [-0.1, -0.05) is 200 Å². The van der Waals surface area contributed by atoms with Gasteiger partial charge in [-0.25, -0.2) is 4.98 Å². The summed E-state index contributed by atoms with van der Waals surface area (Å²) in [5.41, 5.74) is 10.5. The van der Waals surface area contributed by atoms with Crippen LogP contribution in [0.4, 0.5) is 17.1 Å². The molecular weight excluding hydrogens is 839 g/mol. The summed E-state index contributed by atoms with van der Waals surface area (Å²) in [4.78, 5) is 7.34. The zero-order valence-electron chi connectivity index (χ0n) is 49.7. The molecule has 11 aromatic rings. The molecule has 11 rings (SSSR count). The summed E-state index contributed by atoms with van der Waals surface area (Å²) in [6, 6.07) is 41.4. The minimum absolute atomic E-state index is 0.112. The first-order valence-corrected chi connectivity index (χ1v) is 23.5. The number of aromatic nitrogens is 4. The van der Waals surface area contributed by atoms with E-state index in [2.05, 4.69) is 149 Å². The van der Waals surface area contributed by atoms with Gasteiger partial charge in [0.1, 0.15) is 5.82 Å². The fraction of sp³-hybridized carbons (Fsp3) is 0.156. The Morgan fingerprint density at radius 1 is 0.580 bits per heavy atom. The first-order valence-electron chi connectivity index (χ1n) is 28.5. The fourth-order valence-electron chi connectivity index (χ4n) is 9.68. The number of hydrogen-bond donors (Lipinski definition) is 0. The van der Waals surface area contributed by atoms with Gasteiger partial charge in [0.25, 0.3) is 6.33 Å². The molecule has 0 atom stereocenters. The molecule has 0 amide bonds. The standard InChI is InChI=1S/C64H57N5/c1-43(2)51-28-19-29-52(44(3)4)63(51)68(50-35-36-56-55-27-14-15-32-57(55)69(60(56)41-50)61-39-47(37-38-65-61)64(5,6)7)49-26-18-25-48(40-49)66-42-67(59-34-17-16-33-58(59)66)62-53(45-21-10-8-11-22-45)30-20-31-54(62)46-23-12-9-13-24-46/h8-41,43-44H,1-7H3/i8D,9D,10D,11D,12D,13D,21D,22D,23D,24D. The predicted molar refractivity (Wildman–Crippen MR) is 288 cm³/mol. The Labute approximate surface area is 420 Å². The number of pyridine rings is 1. The highest BCUT2D eigenvalue weighted by Crippen LogP contribution is 2.46. The molecule has 0 bridgehead atoms. The van der Waals surface area contributed by atoms with Gasteiger partial charge in [-0.15, -0.1) is 0 Å². The Bertz CT molecular complexity index is 4110. The van der Waals surface area contributed by atoms with Gasteiger partial charge in [0.15, 0.2) is 0 Å². The Balaban J connectivity index is 1.19. The smallest absolute Gasteiger partial charge is 0.269 e. The average Bonchev–Trinajstić information content (AvgIpc) is 4.20. The van der Waals surface area contributed by atoms with Crippen molar-refractivity contribution in [2.75, 3.05) is 4.90 Å². The number of fused-ring (bicyclic) bond motifs is 4. The summed E-state index contributed by atoms with van der Waals surface area (Å²) in [6.45, 7) is 15.5. The lowest BCUT2D eigenvalue weighted by atomic mass is 9.88. The minimum atomic E-state index is -0.562. The van der Waals surface area contributed by atoms with Crippen molar-refractivity contribution in [2.24, 2.45) is 0 Å². The van der Waals surface area contributed by atoms with Crippen molar-refractivity contribution in [3.05, 3.63) is 229 Å². The highest BCUT2D eigenvalue weighted by Gasteiger charge is 2.26. The zero-order valence-corrected chi connectivity index (χ0v) is 39.7. The lowest BCUT2D eigenvalue weighted by Crippen LogP contribution is -2.31. The first-order chi connectivity index (χ1) is 37.7. The number of hydrogen-bond acceptors (Lipinski definition) is 2. The topological polar surface area (TPSA) is 29.9 Å². The molecule has 5 heteroatoms. The van der Waals surface area contributed by atoms with E-state index < -0.39 is 60.4 Å². The van der Waals surface area contributed by atoms with E-state index in [1.807, 2.05) is 47.2 Å². The van der Waals surface area contributed by atoms with Crippen molar-refractivity contribution in [3.63, 3.8) is 0 Å². The highest BCUT2D eigenvalue weighted by atomic mass is 15.2. The summed E-state index contributed by atoms with van der Waals surface area (Å²) in [7, 11) is 0. The van der Waals surface area contributed by atoms with Crippen molar-refractivity contribution < 1.29 is 18.3 Å². The normalized spacial score (nSPS) is 14.0. The molecule has 0 saturated heterocycles. The molecule has 5 nitrogen and oxygen atoms in total. The van der Waals surface area contributed by atoms with Crippen LogP contribution in [0.3, 0.4) is 0 Å². The first kappa shape index (κ1) is 33.5. The van der Waals surface area contributed by atoms with Gasteiger partial charge in [0.2, 0.25) is 0 Å². The predicted octanol–water partition coefficient (Wildman–Crippen LogP) is 16.5. The van der Waals surface area contributed by atoms with E-state index in [-0.39, 0.29) is 45.2 Å². The van der Waals surface area contributed by atoms with Crippen molar-refractivity contribution >= 4 is 49.9 Å². The summed E-state index contributed by atoms with van der Waals surface area (Å²) in [5, 5.41) is 2.19. The number of rotatable bonds is 10. The second-order valence-electron chi connectivity index (χ2n) is 19.1. The molecule has 0 aliphatic rings. The lowest BCUT2D eigenvalue weighted by Gasteiger charge is -2.32. The molecule has 0 fully saturated rings. The van der Waals surface area contributed by atoms with Crippen molar-refractivity contribution in [1.82, 2.24) is 14.1 Å². The lowest BCUT2D eigenvalue weighted by molar-refractivity contribution is -0.571. The van der Waals surface area contributed by atoms with Gasteiger partial charge in [-0.3, -0.25) is 13.7 Å². The van der Waals surface area contributed by atoms with Crippen LogP contribution >= 0.6 is 0 Å². The van der Waals surface area contributed by atoms with E-state index >= 15 is 0 Å². The van der Waals surface area contributed by atoms with Crippen molar-refractivity contribution in [3.8, 4) is 39.4 Å². The maximum atomic E-state index is 9.17. The SMILES string of the molecule is [2H]c1c([2H])c([2H])c(-c2cccc(-c3c([2H])c([2H])c([2H])c([2H])c3[2H])c2-[n+]2[c-]n(-c3cccc(N(c4ccc5c6ccccc6n(-c6cc(C(C)(C)C)ccn6)c5c4)c4c(C(C)C)cccc4C(C)C)c3)c3ccccc32)c([2H])c1[2H]. The molecule has 8 aromatic carbocycles. The molecule has 3 heterocycles.